The fraction of sp³-hybridized carbons (Fsp3) is 0.556. The summed E-state index contributed by atoms with van der Waals surface area (Å²) in [5.74, 6) is 0.173. The Kier molecular flexibility index (Phi) is 4.19. The van der Waals surface area contributed by atoms with Gasteiger partial charge in [0.15, 0.2) is 0 Å². The highest BCUT2D eigenvalue weighted by Gasteiger charge is 2.52. The van der Waals surface area contributed by atoms with Crippen LogP contribution in [0.2, 0.25) is 0 Å². The van der Waals surface area contributed by atoms with E-state index in [1.807, 2.05) is 40.1 Å². The van der Waals surface area contributed by atoms with Gasteiger partial charge < -0.3 is 9.80 Å². The number of nitrogens with zero attached hydrogens (tertiary/aromatic N) is 2. The molecule has 1 atom stereocenters. The molecular weight excluding hydrogens is 276 g/mol. The third-order valence-electron chi connectivity index (χ3n) is 4.95. The molecule has 0 saturated carbocycles. The van der Waals surface area contributed by atoms with Gasteiger partial charge >= 0.3 is 0 Å². The van der Waals surface area contributed by atoms with Crippen molar-refractivity contribution in [1.82, 2.24) is 9.80 Å². The van der Waals surface area contributed by atoms with Gasteiger partial charge in [0.25, 0.3) is 5.91 Å². The highest BCUT2D eigenvalue weighted by atomic mass is 16.2. The van der Waals surface area contributed by atoms with Crippen LogP contribution in [0, 0.1) is 0 Å². The summed E-state index contributed by atoms with van der Waals surface area (Å²) in [5.41, 5.74) is 0.101. The van der Waals surface area contributed by atoms with Crippen molar-refractivity contribution in [3.8, 4) is 0 Å². The molecule has 1 unspecified atom stereocenters. The molecular formula is C18H24N2O2. The van der Waals surface area contributed by atoms with Gasteiger partial charge in [0.2, 0.25) is 5.91 Å². The van der Waals surface area contributed by atoms with Gasteiger partial charge in [-0.05, 0) is 44.2 Å². The Morgan fingerprint density at radius 1 is 1.14 bits per heavy atom. The maximum absolute atomic E-state index is 13.0. The Labute approximate surface area is 132 Å². The molecule has 2 saturated heterocycles. The lowest BCUT2D eigenvalue weighted by Crippen LogP contribution is -2.61. The smallest absolute Gasteiger partial charge is 0.254 e. The number of hydrogen-bond acceptors (Lipinski definition) is 2. The Hall–Kier alpha value is -1.84. The maximum Gasteiger partial charge on any atom is 0.254 e. The quantitative estimate of drug-likeness (QED) is 0.861. The SMILES string of the molecule is CCCN1CCCC2(CCCN2C(=O)c2ccccc2)C1=O. The molecule has 3 rings (SSSR count). The van der Waals surface area contributed by atoms with Gasteiger partial charge in [-0.1, -0.05) is 25.1 Å². The molecule has 2 heterocycles. The van der Waals surface area contributed by atoms with Gasteiger partial charge in [-0.3, -0.25) is 9.59 Å². The van der Waals surface area contributed by atoms with Crippen LogP contribution in [0.4, 0.5) is 0 Å². The lowest BCUT2D eigenvalue weighted by atomic mass is 9.85. The van der Waals surface area contributed by atoms with E-state index in [-0.39, 0.29) is 11.8 Å². The molecule has 0 aromatic heterocycles. The van der Waals surface area contributed by atoms with Crippen molar-refractivity contribution in [3.63, 3.8) is 0 Å². The van der Waals surface area contributed by atoms with Crippen LogP contribution in [0.5, 0.6) is 0 Å². The number of likely N-dealkylation sites (tertiary alicyclic amines) is 2. The van der Waals surface area contributed by atoms with Gasteiger partial charge in [0, 0.05) is 25.2 Å². The first-order valence-corrected chi connectivity index (χ1v) is 8.35. The fourth-order valence-electron chi connectivity index (χ4n) is 3.94. The second-order valence-electron chi connectivity index (χ2n) is 6.35. The number of carbonyl (C=O) groups excluding carboxylic acids is 2. The molecule has 0 aliphatic carbocycles. The summed E-state index contributed by atoms with van der Waals surface area (Å²) in [5, 5.41) is 0. The number of benzene rings is 1. The zero-order valence-electron chi connectivity index (χ0n) is 13.3. The van der Waals surface area contributed by atoms with E-state index in [0.29, 0.717) is 12.1 Å². The zero-order valence-corrected chi connectivity index (χ0v) is 13.3. The number of rotatable bonds is 3. The van der Waals surface area contributed by atoms with Crippen molar-refractivity contribution in [3.05, 3.63) is 35.9 Å². The first-order chi connectivity index (χ1) is 10.7. The van der Waals surface area contributed by atoms with Gasteiger partial charge in [0.1, 0.15) is 5.54 Å². The molecule has 0 bridgehead atoms. The summed E-state index contributed by atoms with van der Waals surface area (Å²) in [6.07, 6.45) is 4.50. The van der Waals surface area contributed by atoms with E-state index >= 15 is 0 Å². The van der Waals surface area contributed by atoms with E-state index in [4.69, 9.17) is 0 Å². The average Bonchev–Trinajstić information content (AvgIpc) is 2.97. The summed E-state index contributed by atoms with van der Waals surface area (Å²) in [6.45, 7) is 4.42. The summed E-state index contributed by atoms with van der Waals surface area (Å²) in [4.78, 5) is 29.7. The summed E-state index contributed by atoms with van der Waals surface area (Å²) < 4.78 is 0. The van der Waals surface area contributed by atoms with E-state index in [1.165, 1.54) is 0 Å². The van der Waals surface area contributed by atoms with Crippen molar-refractivity contribution < 1.29 is 9.59 Å². The van der Waals surface area contributed by atoms with Crippen molar-refractivity contribution in [2.75, 3.05) is 19.6 Å². The lowest BCUT2D eigenvalue weighted by Gasteiger charge is -2.44. The molecule has 0 N–H and O–H groups in total. The van der Waals surface area contributed by atoms with Gasteiger partial charge in [-0.25, -0.2) is 0 Å². The van der Waals surface area contributed by atoms with Crippen molar-refractivity contribution in [2.24, 2.45) is 0 Å². The Morgan fingerprint density at radius 2 is 1.82 bits per heavy atom. The van der Waals surface area contributed by atoms with E-state index in [0.717, 1.165) is 45.2 Å². The van der Waals surface area contributed by atoms with Crippen molar-refractivity contribution >= 4 is 11.8 Å². The van der Waals surface area contributed by atoms with E-state index < -0.39 is 5.54 Å². The highest BCUT2D eigenvalue weighted by molar-refractivity contribution is 6.00. The second kappa shape index (κ2) is 6.11. The molecule has 2 aliphatic heterocycles. The Balaban J connectivity index is 1.88. The summed E-state index contributed by atoms with van der Waals surface area (Å²) in [6, 6.07) is 9.34. The van der Waals surface area contributed by atoms with Crippen LogP contribution < -0.4 is 0 Å². The molecule has 1 spiro atoms. The normalized spacial score (nSPS) is 25.0. The van der Waals surface area contributed by atoms with Crippen LogP contribution in [-0.4, -0.2) is 46.8 Å². The summed E-state index contributed by atoms with van der Waals surface area (Å²) >= 11 is 0. The third-order valence-corrected chi connectivity index (χ3v) is 4.95. The van der Waals surface area contributed by atoms with Crippen LogP contribution in [0.25, 0.3) is 0 Å². The predicted octanol–water partition coefficient (Wildman–Crippen LogP) is 2.69. The first kappa shape index (κ1) is 15.1. The maximum atomic E-state index is 13.0. The minimum Gasteiger partial charge on any atom is -0.341 e. The van der Waals surface area contributed by atoms with Crippen LogP contribution in [0.3, 0.4) is 0 Å². The van der Waals surface area contributed by atoms with E-state index in [2.05, 4.69) is 6.92 Å². The fourth-order valence-corrected chi connectivity index (χ4v) is 3.94. The topological polar surface area (TPSA) is 40.6 Å². The minimum atomic E-state index is -0.583. The van der Waals surface area contributed by atoms with Crippen molar-refractivity contribution in [2.45, 2.75) is 44.6 Å². The van der Waals surface area contributed by atoms with E-state index in [1.54, 1.807) is 0 Å². The van der Waals surface area contributed by atoms with Gasteiger partial charge in [-0.2, -0.15) is 0 Å². The molecule has 2 amide bonds. The second-order valence-corrected chi connectivity index (χ2v) is 6.35. The minimum absolute atomic E-state index is 0.00444. The van der Waals surface area contributed by atoms with Crippen LogP contribution >= 0.6 is 0 Å². The largest absolute Gasteiger partial charge is 0.341 e. The molecule has 22 heavy (non-hydrogen) atoms. The molecule has 118 valence electrons. The monoisotopic (exact) mass is 300 g/mol. The predicted molar refractivity (Wildman–Crippen MR) is 85.5 cm³/mol. The zero-order chi connectivity index (χ0) is 15.6. The first-order valence-electron chi connectivity index (χ1n) is 8.35. The molecule has 1 aromatic carbocycles. The Morgan fingerprint density at radius 3 is 2.50 bits per heavy atom. The van der Waals surface area contributed by atoms with Gasteiger partial charge in [-0.15, -0.1) is 0 Å². The number of piperidine rings is 1. The molecule has 2 aliphatic rings. The number of carbonyl (C=O) groups is 2. The molecule has 1 aromatic rings. The average molecular weight is 300 g/mol. The van der Waals surface area contributed by atoms with Crippen molar-refractivity contribution in [1.29, 1.82) is 0 Å². The summed E-state index contributed by atoms with van der Waals surface area (Å²) in [7, 11) is 0. The number of hydrogen-bond donors (Lipinski definition) is 0. The molecule has 4 nitrogen and oxygen atoms in total. The van der Waals surface area contributed by atoms with E-state index in [9.17, 15) is 9.59 Å². The molecule has 2 fully saturated rings. The van der Waals surface area contributed by atoms with Gasteiger partial charge in [0.05, 0.1) is 0 Å². The lowest BCUT2D eigenvalue weighted by molar-refractivity contribution is -0.145. The standard InChI is InChI=1S/C18H24N2O2/c1-2-12-19-13-6-10-18(17(19)22)11-7-14-20(18)16(21)15-8-4-3-5-9-15/h3-5,8-9H,2,6-7,10-14H2,1H3. The van der Waals surface area contributed by atoms with Crippen LogP contribution in [0.1, 0.15) is 49.4 Å². The molecule has 4 heteroatoms. The van der Waals surface area contributed by atoms with Crippen LogP contribution in [-0.2, 0) is 4.79 Å². The van der Waals surface area contributed by atoms with Crippen LogP contribution in [0.15, 0.2) is 30.3 Å². The molecule has 0 radical (unpaired) electrons. The third kappa shape index (κ3) is 2.40. The Bertz CT molecular complexity index is 555. The highest BCUT2D eigenvalue weighted by Crippen LogP contribution is 2.39. The number of amides is 2.